The lowest BCUT2D eigenvalue weighted by molar-refractivity contribution is -0.140. The van der Waals surface area contributed by atoms with Crippen LogP contribution in [0.3, 0.4) is 0 Å². The van der Waals surface area contributed by atoms with Crippen molar-refractivity contribution in [3.8, 4) is 16.5 Å². The first-order valence-corrected chi connectivity index (χ1v) is 7.37. The first kappa shape index (κ1) is 14.2. The molecule has 0 atom stereocenters. The molecule has 0 radical (unpaired) electrons. The molecule has 3 rings (SSSR count). The maximum Gasteiger partial charge on any atom is 0.331 e. The van der Waals surface area contributed by atoms with Crippen LogP contribution < -0.4 is 0 Å². The van der Waals surface area contributed by atoms with Gasteiger partial charge in [-0.15, -0.1) is 11.3 Å². The van der Waals surface area contributed by atoms with Crippen LogP contribution in [0, 0.1) is 0 Å². The minimum Gasteiger partial charge on any atom is -0.319 e. The van der Waals surface area contributed by atoms with Gasteiger partial charge in [0.25, 0.3) is 0 Å². The molecule has 0 aromatic carbocycles. The lowest BCUT2D eigenvalue weighted by Crippen LogP contribution is -2.04. The van der Waals surface area contributed by atoms with E-state index in [-0.39, 0.29) is 0 Å². The third-order valence-corrected chi connectivity index (χ3v) is 3.67. The molecule has 0 saturated carbocycles. The summed E-state index contributed by atoms with van der Waals surface area (Å²) in [4.78, 5) is 25.2. The van der Waals surface area contributed by atoms with Gasteiger partial charge in [-0.25, -0.2) is 14.8 Å². The van der Waals surface area contributed by atoms with Gasteiger partial charge in [0.1, 0.15) is 0 Å². The number of aromatic nitrogens is 3. The summed E-state index contributed by atoms with van der Waals surface area (Å²) in [5.74, 6) is 0.0606. The molecule has 3 aromatic heterocycles. The Kier molecular flexibility index (Phi) is 4.06. The van der Waals surface area contributed by atoms with Crippen molar-refractivity contribution >= 4 is 23.5 Å². The molecule has 0 aliphatic rings. The maximum atomic E-state index is 10.7. The molecular weight excluding hydrogens is 300 g/mol. The predicted molar refractivity (Wildman–Crippen MR) is 84.0 cm³/mol. The summed E-state index contributed by atoms with van der Waals surface area (Å²) in [5.41, 5.74) is 1.57. The first-order valence-electron chi connectivity index (χ1n) is 6.49. The Hall–Kier alpha value is -2.80. The zero-order valence-electron chi connectivity index (χ0n) is 11.7. The van der Waals surface area contributed by atoms with Crippen LogP contribution in [0.25, 0.3) is 16.5 Å². The number of rotatable bonds is 4. The summed E-state index contributed by atoms with van der Waals surface area (Å²) in [6, 6.07) is 9.53. The Morgan fingerprint density at radius 2 is 2.27 bits per heavy atom. The zero-order valence-corrected chi connectivity index (χ0v) is 12.5. The minimum absolute atomic E-state index is 0.467. The molecule has 0 spiro atoms. The second-order valence-electron chi connectivity index (χ2n) is 4.34. The van der Waals surface area contributed by atoms with E-state index < -0.39 is 5.97 Å². The summed E-state index contributed by atoms with van der Waals surface area (Å²) in [6.45, 7) is 1.30. The van der Waals surface area contributed by atoms with Crippen LogP contribution in [0.5, 0.6) is 0 Å². The lowest BCUT2D eigenvalue weighted by atomic mass is 10.3. The van der Waals surface area contributed by atoms with Crippen molar-refractivity contribution < 1.29 is 9.63 Å². The molecule has 6 nitrogen and oxygen atoms in total. The number of oxime groups is 1. The van der Waals surface area contributed by atoms with Crippen molar-refractivity contribution in [2.45, 2.75) is 6.92 Å². The van der Waals surface area contributed by atoms with Crippen LogP contribution in [0.1, 0.15) is 12.6 Å². The van der Waals surface area contributed by atoms with Crippen molar-refractivity contribution in [1.29, 1.82) is 0 Å². The van der Waals surface area contributed by atoms with E-state index in [0.717, 1.165) is 10.6 Å². The number of carbonyl (C=O) groups excluding carboxylic acids is 1. The molecule has 110 valence electrons. The fraction of sp³-hybridized carbons (Fsp3) is 0.0667. The van der Waals surface area contributed by atoms with E-state index in [0.29, 0.717) is 11.6 Å². The molecule has 0 unspecified atom stereocenters. The first-order chi connectivity index (χ1) is 10.7. The van der Waals surface area contributed by atoms with Crippen LogP contribution in [-0.4, -0.2) is 26.7 Å². The van der Waals surface area contributed by atoms with E-state index in [1.54, 1.807) is 22.1 Å². The van der Waals surface area contributed by atoms with Gasteiger partial charge in [-0.05, 0) is 29.6 Å². The molecule has 0 amide bonds. The maximum absolute atomic E-state index is 10.7. The molecule has 0 aliphatic heterocycles. The number of hydrogen-bond donors (Lipinski definition) is 0. The van der Waals surface area contributed by atoms with Gasteiger partial charge >= 0.3 is 5.97 Å². The van der Waals surface area contributed by atoms with Gasteiger partial charge in [-0.3, -0.25) is 4.57 Å². The summed E-state index contributed by atoms with van der Waals surface area (Å²) in [7, 11) is 0. The molecule has 0 N–H and O–H groups in total. The van der Waals surface area contributed by atoms with E-state index in [1.165, 1.54) is 13.1 Å². The molecule has 3 aromatic rings. The average Bonchev–Trinajstić information content (AvgIpc) is 3.19. The van der Waals surface area contributed by atoms with E-state index in [1.807, 2.05) is 41.9 Å². The van der Waals surface area contributed by atoms with Gasteiger partial charge < -0.3 is 4.84 Å². The number of nitrogens with zero attached hydrogens (tertiary/aromatic N) is 4. The Morgan fingerprint density at radius 1 is 1.36 bits per heavy atom. The Balaban J connectivity index is 1.92. The van der Waals surface area contributed by atoms with Crippen LogP contribution in [-0.2, 0) is 9.63 Å². The number of carbonyl (C=O) groups is 1. The van der Waals surface area contributed by atoms with Crippen LogP contribution in [0.2, 0.25) is 0 Å². The smallest absolute Gasteiger partial charge is 0.319 e. The summed E-state index contributed by atoms with van der Waals surface area (Å²) < 4.78 is 1.77. The Bertz CT molecular complexity index is 809. The molecule has 0 saturated heterocycles. The number of thiophene rings is 1. The second kappa shape index (κ2) is 6.31. The Labute approximate surface area is 130 Å². The highest BCUT2D eigenvalue weighted by atomic mass is 32.1. The normalized spacial score (nSPS) is 11.0. The van der Waals surface area contributed by atoms with Crippen LogP contribution in [0.15, 0.2) is 53.3 Å². The van der Waals surface area contributed by atoms with Crippen molar-refractivity contribution in [2.24, 2.45) is 5.16 Å². The SMILES string of the molecule is CC(=O)O/N=C/c1cccn1-c1nccc(-c2cccs2)n1. The lowest BCUT2D eigenvalue weighted by Gasteiger charge is -2.05. The number of hydrogen-bond acceptors (Lipinski definition) is 6. The molecule has 22 heavy (non-hydrogen) atoms. The van der Waals surface area contributed by atoms with Gasteiger partial charge in [-0.1, -0.05) is 11.2 Å². The molecular formula is C15H12N4O2S. The molecule has 7 heteroatoms. The largest absolute Gasteiger partial charge is 0.331 e. The molecule has 0 fully saturated rings. The summed E-state index contributed by atoms with van der Waals surface area (Å²) in [6.07, 6.45) is 4.98. The standard InChI is InChI=1S/C15H12N4O2S/c1-11(20)21-17-10-12-4-2-8-19(12)15-16-7-6-13(18-15)14-5-3-9-22-14/h2-10H,1H3/b17-10+. The third-order valence-electron chi connectivity index (χ3n) is 2.78. The van der Waals surface area contributed by atoms with Crippen molar-refractivity contribution in [2.75, 3.05) is 0 Å². The predicted octanol–water partition coefficient (Wildman–Crippen LogP) is 2.89. The van der Waals surface area contributed by atoms with E-state index >= 15 is 0 Å². The fourth-order valence-electron chi connectivity index (χ4n) is 1.86. The quantitative estimate of drug-likeness (QED) is 0.422. The van der Waals surface area contributed by atoms with Crippen LogP contribution in [0.4, 0.5) is 0 Å². The zero-order chi connectivity index (χ0) is 15.4. The van der Waals surface area contributed by atoms with Gasteiger partial charge in [0, 0.05) is 19.3 Å². The van der Waals surface area contributed by atoms with Gasteiger partial charge in [-0.2, -0.15) is 0 Å². The van der Waals surface area contributed by atoms with Crippen LogP contribution >= 0.6 is 11.3 Å². The third kappa shape index (κ3) is 3.09. The van der Waals surface area contributed by atoms with Crippen molar-refractivity contribution in [1.82, 2.24) is 14.5 Å². The highest BCUT2D eigenvalue weighted by molar-refractivity contribution is 7.13. The molecule has 3 heterocycles. The van der Waals surface area contributed by atoms with Gasteiger partial charge in [0.2, 0.25) is 5.95 Å². The van der Waals surface area contributed by atoms with E-state index in [9.17, 15) is 4.79 Å². The topological polar surface area (TPSA) is 69.4 Å². The highest BCUT2D eigenvalue weighted by Gasteiger charge is 2.07. The monoisotopic (exact) mass is 312 g/mol. The highest BCUT2D eigenvalue weighted by Crippen LogP contribution is 2.22. The van der Waals surface area contributed by atoms with Gasteiger partial charge in [0.05, 0.1) is 22.5 Å². The minimum atomic E-state index is -0.467. The molecule has 0 bridgehead atoms. The van der Waals surface area contributed by atoms with Crippen molar-refractivity contribution in [3.05, 3.63) is 53.8 Å². The summed E-state index contributed by atoms with van der Waals surface area (Å²) >= 11 is 1.62. The average molecular weight is 312 g/mol. The van der Waals surface area contributed by atoms with E-state index in [2.05, 4.69) is 20.0 Å². The van der Waals surface area contributed by atoms with E-state index in [4.69, 9.17) is 0 Å². The van der Waals surface area contributed by atoms with Crippen molar-refractivity contribution in [3.63, 3.8) is 0 Å². The summed E-state index contributed by atoms with van der Waals surface area (Å²) in [5, 5.41) is 5.63. The molecule has 0 aliphatic carbocycles. The second-order valence-corrected chi connectivity index (χ2v) is 5.29. The fourth-order valence-corrected chi connectivity index (χ4v) is 2.56. The van der Waals surface area contributed by atoms with Gasteiger partial charge in [0.15, 0.2) is 0 Å². The Morgan fingerprint density at radius 3 is 3.05 bits per heavy atom.